The van der Waals surface area contributed by atoms with Gasteiger partial charge in [-0.15, -0.1) is 0 Å². The first kappa shape index (κ1) is 16.1. The summed E-state index contributed by atoms with van der Waals surface area (Å²) >= 11 is 0. The van der Waals surface area contributed by atoms with Crippen LogP contribution in [0.2, 0.25) is 0 Å². The van der Waals surface area contributed by atoms with E-state index in [9.17, 15) is 15.3 Å². The Morgan fingerprint density at radius 1 is 1.04 bits per heavy atom. The minimum absolute atomic E-state index is 0.00410. The van der Waals surface area contributed by atoms with Gasteiger partial charge in [0, 0.05) is 5.41 Å². The van der Waals surface area contributed by atoms with Gasteiger partial charge in [0.1, 0.15) is 0 Å². The van der Waals surface area contributed by atoms with Gasteiger partial charge in [-0.05, 0) is 80.0 Å². The van der Waals surface area contributed by atoms with Crippen LogP contribution in [-0.4, -0.2) is 34.6 Å². The normalized spacial score (nSPS) is 51.2. The summed E-state index contributed by atoms with van der Waals surface area (Å²) < 4.78 is 0. The highest BCUT2D eigenvalue weighted by molar-refractivity contribution is 5.22. The first-order valence-corrected chi connectivity index (χ1v) is 9.47. The van der Waals surface area contributed by atoms with Crippen molar-refractivity contribution in [2.24, 2.45) is 34.0 Å². The average molecular weight is 320 g/mol. The molecule has 6 atom stereocenters. The lowest BCUT2D eigenvalue weighted by molar-refractivity contribution is -0.200. The van der Waals surface area contributed by atoms with Gasteiger partial charge in [-0.1, -0.05) is 19.1 Å². The van der Waals surface area contributed by atoms with E-state index in [1.807, 2.05) is 0 Å². The zero-order valence-corrected chi connectivity index (χ0v) is 14.4. The van der Waals surface area contributed by atoms with E-state index in [0.29, 0.717) is 23.7 Å². The van der Waals surface area contributed by atoms with Crippen LogP contribution in [-0.2, 0) is 0 Å². The zero-order chi connectivity index (χ0) is 16.5. The fourth-order valence-electron chi connectivity index (χ4n) is 7.83. The molecule has 0 heterocycles. The van der Waals surface area contributed by atoms with Crippen molar-refractivity contribution in [1.82, 2.24) is 0 Å². The predicted molar refractivity (Wildman–Crippen MR) is 89.7 cm³/mol. The monoisotopic (exact) mass is 320 g/mol. The minimum atomic E-state index is -0.500. The third kappa shape index (κ3) is 1.99. The molecule has 4 fully saturated rings. The molecule has 4 saturated carbocycles. The van der Waals surface area contributed by atoms with Crippen LogP contribution in [0.3, 0.4) is 0 Å². The van der Waals surface area contributed by atoms with Gasteiger partial charge in [0.05, 0.1) is 19.3 Å². The molecule has 4 aliphatic carbocycles. The summed E-state index contributed by atoms with van der Waals surface area (Å²) in [6, 6.07) is 0. The zero-order valence-electron chi connectivity index (χ0n) is 14.4. The molecule has 0 saturated heterocycles. The van der Waals surface area contributed by atoms with Crippen LogP contribution in [0.1, 0.15) is 58.3 Å². The molecule has 2 bridgehead atoms. The van der Waals surface area contributed by atoms with Crippen molar-refractivity contribution < 1.29 is 15.3 Å². The van der Waals surface area contributed by atoms with Gasteiger partial charge in [-0.3, -0.25) is 0 Å². The number of hydrogen-bond donors (Lipinski definition) is 3. The topological polar surface area (TPSA) is 60.7 Å². The van der Waals surface area contributed by atoms with E-state index in [1.54, 1.807) is 0 Å². The van der Waals surface area contributed by atoms with Crippen molar-refractivity contribution in [3.05, 3.63) is 12.2 Å². The lowest BCUT2D eigenvalue weighted by Gasteiger charge is -2.65. The molecule has 4 rings (SSSR count). The molecule has 0 aromatic rings. The Kier molecular flexibility index (Phi) is 3.54. The van der Waals surface area contributed by atoms with E-state index in [2.05, 4.69) is 13.5 Å². The van der Waals surface area contributed by atoms with Crippen molar-refractivity contribution in [1.29, 1.82) is 0 Å². The third-order valence-corrected chi connectivity index (χ3v) is 8.56. The highest BCUT2D eigenvalue weighted by Crippen LogP contribution is 2.72. The second-order valence-corrected chi connectivity index (χ2v) is 9.57. The summed E-state index contributed by atoms with van der Waals surface area (Å²) in [6.07, 6.45) is 8.23. The van der Waals surface area contributed by atoms with Crippen molar-refractivity contribution >= 4 is 0 Å². The van der Waals surface area contributed by atoms with Crippen LogP contribution in [0, 0.1) is 34.0 Å². The van der Waals surface area contributed by atoms with E-state index in [-0.39, 0.29) is 18.6 Å². The standard InChI is InChI=1S/C20H32O3/c1-13-7-19-6-5-17-18(2,16(19)4-3-14(13)8-19)9-15(23)10-20(17,11-21)12-22/h14-17,21-23H,1,3-12H2,2H3. The van der Waals surface area contributed by atoms with Crippen LogP contribution in [0.5, 0.6) is 0 Å². The quantitative estimate of drug-likeness (QED) is 0.686. The van der Waals surface area contributed by atoms with Crippen LogP contribution >= 0.6 is 0 Å². The smallest absolute Gasteiger partial charge is 0.0552 e. The van der Waals surface area contributed by atoms with Gasteiger partial charge in [0.25, 0.3) is 0 Å². The molecule has 4 aliphatic rings. The van der Waals surface area contributed by atoms with Gasteiger partial charge in [-0.2, -0.15) is 0 Å². The molecular formula is C20H32O3. The van der Waals surface area contributed by atoms with Crippen molar-refractivity contribution in [3.63, 3.8) is 0 Å². The molecule has 1 spiro atoms. The van der Waals surface area contributed by atoms with Crippen LogP contribution in [0.4, 0.5) is 0 Å². The SMILES string of the molecule is C=C1CC23CCC4C(CO)(CO)CC(O)CC4(C)C2CCC1C3. The Bertz CT molecular complexity index is 511. The van der Waals surface area contributed by atoms with Crippen molar-refractivity contribution in [2.45, 2.75) is 64.4 Å². The number of hydrogen-bond acceptors (Lipinski definition) is 3. The van der Waals surface area contributed by atoms with Crippen molar-refractivity contribution in [3.8, 4) is 0 Å². The molecule has 0 aliphatic heterocycles. The Hall–Kier alpha value is -0.380. The van der Waals surface area contributed by atoms with Crippen LogP contribution < -0.4 is 0 Å². The fourth-order valence-corrected chi connectivity index (χ4v) is 7.83. The lowest BCUT2D eigenvalue weighted by atomic mass is 9.40. The molecular weight excluding hydrogens is 288 g/mol. The maximum absolute atomic E-state index is 10.6. The molecule has 23 heavy (non-hydrogen) atoms. The summed E-state index contributed by atoms with van der Waals surface area (Å²) in [4.78, 5) is 0. The Balaban J connectivity index is 1.75. The van der Waals surface area contributed by atoms with Gasteiger partial charge in [-0.25, -0.2) is 0 Å². The van der Waals surface area contributed by atoms with Gasteiger partial charge in [0.15, 0.2) is 0 Å². The summed E-state index contributed by atoms with van der Waals surface area (Å²) in [7, 11) is 0. The molecule has 3 N–H and O–H groups in total. The highest BCUT2D eigenvalue weighted by atomic mass is 16.3. The summed E-state index contributed by atoms with van der Waals surface area (Å²) in [5.41, 5.74) is 1.39. The molecule has 0 radical (unpaired) electrons. The molecule has 3 nitrogen and oxygen atoms in total. The number of allylic oxidation sites excluding steroid dienone is 1. The number of rotatable bonds is 2. The number of aliphatic hydroxyl groups excluding tert-OH is 3. The lowest BCUT2D eigenvalue weighted by Crippen LogP contribution is -2.61. The minimum Gasteiger partial charge on any atom is -0.396 e. The predicted octanol–water partition coefficient (Wildman–Crippen LogP) is 2.89. The first-order chi connectivity index (χ1) is 10.9. The van der Waals surface area contributed by atoms with E-state index in [1.165, 1.54) is 37.7 Å². The van der Waals surface area contributed by atoms with Crippen LogP contribution in [0.15, 0.2) is 12.2 Å². The maximum atomic E-state index is 10.6. The highest BCUT2D eigenvalue weighted by Gasteiger charge is 2.65. The second kappa shape index (κ2) is 5.06. The third-order valence-electron chi connectivity index (χ3n) is 8.56. The Labute approximate surface area is 139 Å². The van der Waals surface area contributed by atoms with Gasteiger partial charge < -0.3 is 15.3 Å². The maximum Gasteiger partial charge on any atom is 0.0552 e. The fraction of sp³-hybridized carbons (Fsp3) is 0.900. The summed E-state index contributed by atoms with van der Waals surface area (Å²) in [5.74, 6) is 1.66. The Morgan fingerprint density at radius 2 is 1.78 bits per heavy atom. The van der Waals surface area contributed by atoms with Crippen LogP contribution in [0.25, 0.3) is 0 Å². The molecule has 3 heteroatoms. The number of aliphatic hydroxyl groups is 3. The summed E-state index contributed by atoms with van der Waals surface area (Å²) in [5, 5.41) is 30.8. The number of fused-ring (bicyclic) bond motifs is 3. The van der Waals surface area contributed by atoms with E-state index in [4.69, 9.17) is 0 Å². The molecule has 130 valence electrons. The Morgan fingerprint density at radius 3 is 2.48 bits per heavy atom. The first-order valence-electron chi connectivity index (χ1n) is 9.47. The van der Waals surface area contributed by atoms with E-state index < -0.39 is 11.5 Å². The van der Waals surface area contributed by atoms with Crippen molar-refractivity contribution in [2.75, 3.05) is 13.2 Å². The summed E-state index contributed by atoms with van der Waals surface area (Å²) in [6.45, 7) is 6.70. The molecule has 0 amide bonds. The van der Waals surface area contributed by atoms with Gasteiger partial charge in [0.2, 0.25) is 0 Å². The molecule has 6 unspecified atom stereocenters. The molecule has 0 aromatic carbocycles. The van der Waals surface area contributed by atoms with E-state index >= 15 is 0 Å². The van der Waals surface area contributed by atoms with E-state index in [0.717, 1.165) is 18.8 Å². The second-order valence-electron chi connectivity index (χ2n) is 9.57. The molecule has 0 aromatic heterocycles. The van der Waals surface area contributed by atoms with Gasteiger partial charge >= 0.3 is 0 Å². The average Bonchev–Trinajstić information content (AvgIpc) is 2.74. The largest absolute Gasteiger partial charge is 0.396 e.